The van der Waals surface area contributed by atoms with E-state index in [-0.39, 0.29) is 11.3 Å². The Kier molecular flexibility index (Phi) is 2.42. The number of aliphatic hydroxyl groups excluding tert-OH is 1. The van der Waals surface area contributed by atoms with Gasteiger partial charge in [-0.15, -0.1) is 0 Å². The Morgan fingerprint density at radius 1 is 1.33 bits per heavy atom. The van der Waals surface area contributed by atoms with Crippen molar-refractivity contribution in [2.75, 3.05) is 0 Å². The average molecular weight is 283 g/mol. The van der Waals surface area contributed by atoms with Crippen molar-refractivity contribution in [2.24, 2.45) is 0 Å². The molecule has 0 aliphatic carbocycles. The summed E-state index contributed by atoms with van der Waals surface area (Å²) in [5.74, 6) is -1.89. The van der Waals surface area contributed by atoms with E-state index in [0.29, 0.717) is 4.47 Å². The quantitative estimate of drug-likeness (QED) is 0.793. The van der Waals surface area contributed by atoms with Crippen molar-refractivity contribution < 1.29 is 23.0 Å². The highest BCUT2D eigenvalue weighted by Gasteiger charge is 2.51. The zero-order valence-electron chi connectivity index (χ0n) is 7.25. The maximum Gasteiger partial charge on any atom is 0.401 e. The Labute approximate surface area is 91.8 Å². The molecular formula is C9H6BrF3O2. The lowest BCUT2D eigenvalue weighted by molar-refractivity contribution is -0.191. The topological polar surface area (TPSA) is 29.5 Å². The van der Waals surface area contributed by atoms with Gasteiger partial charge in [-0.3, -0.25) is 0 Å². The van der Waals surface area contributed by atoms with Crippen molar-refractivity contribution in [3.05, 3.63) is 28.2 Å². The van der Waals surface area contributed by atoms with Gasteiger partial charge in [0.1, 0.15) is 11.7 Å². The van der Waals surface area contributed by atoms with Crippen molar-refractivity contribution in [3.63, 3.8) is 0 Å². The Morgan fingerprint density at radius 3 is 2.60 bits per heavy atom. The van der Waals surface area contributed by atoms with E-state index >= 15 is 0 Å². The molecule has 1 aliphatic rings. The number of hydrogen-bond donors (Lipinski definition) is 1. The standard InChI is InChI=1S/C9H6BrF3O2/c10-4-1-2-6-5(3-4)7(8(14)15-6)9(11,12)13/h1-3,7-8,14H. The van der Waals surface area contributed by atoms with E-state index in [1.807, 2.05) is 0 Å². The first-order valence-electron chi connectivity index (χ1n) is 4.10. The molecule has 2 unspecified atom stereocenters. The zero-order chi connectivity index (χ0) is 11.2. The van der Waals surface area contributed by atoms with Gasteiger partial charge in [-0.25, -0.2) is 0 Å². The molecule has 0 spiro atoms. The maximum absolute atomic E-state index is 12.6. The number of hydrogen-bond acceptors (Lipinski definition) is 2. The largest absolute Gasteiger partial charge is 0.464 e. The molecule has 0 bridgehead atoms. The van der Waals surface area contributed by atoms with Crippen molar-refractivity contribution in [1.29, 1.82) is 0 Å². The summed E-state index contributed by atoms with van der Waals surface area (Å²) in [6, 6.07) is 4.27. The summed E-state index contributed by atoms with van der Waals surface area (Å²) in [6.07, 6.45) is -6.36. The molecule has 6 heteroatoms. The van der Waals surface area contributed by atoms with Gasteiger partial charge in [0.25, 0.3) is 0 Å². The molecule has 2 rings (SSSR count). The van der Waals surface area contributed by atoms with Gasteiger partial charge in [0.05, 0.1) is 0 Å². The molecule has 0 saturated carbocycles. The fourth-order valence-electron chi connectivity index (χ4n) is 1.56. The predicted octanol–water partition coefficient (Wildman–Crippen LogP) is 2.81. The minimum atomic E-state index is -4.51. The SMILES string of the molecule is OC1Oc2ccc(Br)cc2C1C(F)(F)F. The first-order chi connectivity index (χ1) is 6.89. The molecular weight excluding hydrogens is 277 g/mol. The highest BCUT2D eigenvalue weighted by atomic mass is 79.9. The second-order valence-electron chi connectivity index (χ2n) is 3.21. The lowest BCUT2D eigenvalue weighted by atomic mass is 10.00. The van der Waals surface area contributed by atoms with Crippen LogP contribution in [-0.2, 0) is 0 Å². The molecule has 1 aliphatic heterocycles. The molecule has 0 amide bonds. The molecule has 0 aromatic heterocycles. The first kappa shape index (κ1) is 10.8. The first-order valence-corrected chi connectivity index (χ1v) is 4.90. The summed E-state index contributed by atoms with van der Waals surface area (Å²) in [6.45, 7) is 0. The van der Waals surface area contributed by atoms with Gasteiger partial charge in [0.2, 0.25) is 6.29 Å². The molecule has 0 saturated heterocycles. The summed E-state index contributed by atoms with van der Waals surface area (Å²) < 4.78 is 42.9. The van der Waals surface area contributed by atoms with Crippen molar-refractivity contribution >= 4 is 15.9 Å². The number of benzene rings is 1. The number of halogens is 4. The highest BCUT2D eigenvalue weighted by Crippen LogP contribution is 2.47. The van der Waals surface area contributed by atoms with E-state index in [4.69, 9.17) is 4.74 Å². The number of ether oxygens (including phenoxy) is 1. The summed E-state index contributed by atoms with van der Waals surface area (Å²) in [4.78, 5) is 0. The predicted molar refractivity (Wildman–Crippen MR) is 49.6 cm³/mol. The van der Waals surface area contributed by atoms with Crippen LogP contribution in [0.2, 0.25) is 0 Å². The summed E-state index contributed by atoms with van der Waals surface area (Å²) in [5.41, 5.74) is -0.0376. The van der Waals surface area contributed by atoms with Crippen LogP contribution in [0.5, 0.6) is 5.75 Å². The molecule has 2 nitrogen and oxygen atoms in total. The van der Waals surface area contributed by atoms with Crippen molar-refractivity contribution in [1.82, 2.24) is 0 Å². The second-order valence-corrected chi connectivity index (χ2v) is 4.13. The van der Waals surface area contributed by atoms with Crippen LogP contribution in [0.1, 0.15) is 11.5 Å². The molecule has 1 heterocycles. The summed E-state index contributed by atoms with van der Waals surface area (Å²) in [5, 5.41) is 9.18. The van der Waals surface area contributed by atoms with E-state index in [1.54, 1.807) is 6.07 Å². The van der Waals surface area contributed by atoms with Crippen LogP contribution < -0.4 is 4.74 Å². The lowest BCUT2D eigenvalue weighted by Crippen LogP contribution is -2.30. The second kappa shape index (κ2) is 3.38. The third-order valence-corrected chi connectivity index (χ3v) is 2.69. The van der Waals surface area contributed by atoms with Crippen LogP contribution in [0, 0.1) is 0 Å². The monoisotopic (exact) mass is 282 g/mol. The molecule has 1 aromatic rings. The normalized spacial score (nSPS) is 24.9. The van der Waals surface area contributed by atoms with Crippen molar-refractivity contribution in [2.45, 2.75) is 18.4 Å². The van der Waals surface area contributed by atoms with Crippen LogP contribution >= 0.6 is 15.9 Å². The molecule has 0 fully saturated rings. The van der Waals surface area contributed by atoms with Gasteiger partial charge in [-0.2, -0.15) is 13.2 Å². The highest BCUT2D eigenvalue weighted by molar-refractivity contribution is 9.10. The average Bonchev–Trinajstić information content (AvgIpc) is 2.38. The summed E-state index contributed by atoms with van der Waals surface area (Å²) in [7, 11) is 0. The van der Waals surface area contributed by atoms with Gasteiger partial charge < -0.3 is 9.84 Å². The maximum atomic E-state index is 12.6. The fraction of sp³-hybridized carbons (Fsp3) is 0.333. The van der Waals surface area contributed by atoms with Crippen LogP contribution in [0.4, 0.5) is 13.2 Å². The Balaban J connectivity index is 2.49. The van der Waals surface area contributed by atoms with Crippen LogP contribution in [0.15, 0.2) is 22.7 Å². The molecule has 82 valence electrons. The Bertz CT molecular complexity index is 391. The third kappa shape index (κ3) is 1.83. The number of aliphatic hydroxyl groups is 1. The van der Waals surface area contributed by atoms with Crippen molar-refractivity contribution in [3.8, 4) is 5.75 Å². The van der Waals surface area contributed by atoms with E-state index in [0.717, 1.165) is 0 Å². The van der Waals surface area contributed by atoms with E-state index < -0.39 is 18.4 Å². The van der Waals surface area contributed by atoms with Gasteiger partial charge in [0, 0.05) is 10.0 Å². The Hall–Kier alpha value is -0.750. The van der Waals surface area contributed by atoms with Gasteiger partial charge >= 0.3 is 6.18 Å². The minimum absolute atomic E-state index is 0.0376. The van der Waals surface area contributed by atoms with Crippen LogP contribution in [0.3, 0.4) is 0 Å². The zero-order valence-corrected chi connectivity index (χ0v) is 8.84. The smallest absolute Gasteiger partial charge is 0.401 e. The molecule has 2 atom stereocenters. The van der Waals surface area contributed by atoms with E-state index in [1.165, 1.54) is 12.1 Å². The van der Waals surface area contributed by atoms with Gasteiger partial charge in [0.15, 0.2) is 0 Å². The number of rotatable bonds is 0. The fourth-order valence-corrected chi connectivity index (χ4v) is 1.94. The third-order valence-electron chi connectivity index (χ3n) is 2.19. The number of alkyl halides is 3. The summed E-state index contributed by atoms with van der Waals surface area (Å²) >= 11 is 3.07. The van der Waals surface area contributed by atoms with E-state index in [2.05, 4.69) is 15.9 Å². The molecule has 1 aromatic carbocycles. The number of fused-ring (bicyclic) bond motifs is 1. The molecule has 15 heavy (non-hydrogen) atoms. The van der Waals surface area contributed by atoms with E-state index in [9.17, 15) is 18.3 Å². The van der Waals surface area contributed by atoms with Crippen LogP contribution in [0.25, 0.3) is 0 Å². The van der Waals surface area contributed by atoms with Gasteiger partial charge in [-0.1, -0.05) is 15.9 Å². The molecule has 0 radical (unpaired) electrons. The van der Waals surface area contributed by atoms with Crippen LogP contribution in [-0.4, -0.2) is 17.6 Å². The molecule has 1 N–H and O–H groups in total. The minimum Gasteiger partial charge on any atom is -0.464 e. The lowest BCUT2D eigenvalue weighted by Gasteiger charge is -2.16. The van der Waals surface area contributed by atoms with Gasteiger partial charge in [-0.05, 0) is 18.2 Å². The Morgan fingerprint density at radius 2 is 2.00 bits per heavy atom.